The number of amides is 1. The summed E-state index contributed by atoms with van der Waals surface area (Å²) < 4.78 is 26.9. The van der Waals surface area contributed by atoms with Gasteiger partial charge in [-0.05, 0) is 68.2 Å². The zero-order valence-electron chi connectivity index (χ0n) is 19.1. The number of carbonyl (C=O) groups excluding carboxylic acids is 1. The number of rotatable bonds is 8. The highest BCUT2D eigenvalue weighted by molar-refractivity contribution is 7.86. The van der Waals surface area contributed by atoms with Crippen LogP contribution < -0.4 is 11.0 Å². The fourth-order valence-electron chi connectivity index (χ4n) is 3.73. The highest BCUT2D eigenvalue weighted by Gasteiger charge is 2.37. The number of benzene rings is 2. The van der Waals surface area contributed by atoms with Gasteiger partial charge in [0.2, 0.25) is 0 Å². The molecule has 0 fully saturated rings. The van der Waals surface area contributed by atoms with Crippen molar-refractivity contribution in [2.45, 2.75) is 31.2 Å². The molecule has 176 valence electrons. The lowest BCUT2D eigenvalue weighted by Crippen LogP contribution is -2.47. The van der Waals surface area contributed by atoms with Crippen molar-refractivity contribution < 1.29 is 18.6 Å². The van der Waals surface area contributed by atoms with Crippen molar-refractivity contribution in [2.24, 2.45) is 0 Å². The molecule has 2 aromatic carbocycles. The number of hydrogen-bond donors (Lipinski definition) is 2. The Labute approximate surface area is 194 Å². The number of aryl methyl sites for hydroxylation is 1. The molecule has 1 aromatic heterocycles. The van der Waals surface area contributed by atoms with Gasteiger partial charge in [0, 0.05) is 47.3 Å². The summed E-state index contributed by atoms with van der Waals surface area (Å²) in [7, 11) is 2.28. The predicted molar refractivity (Wildman–Crippen MR) is 128 cm³/mol. The molecule has 9 heteroatoms. The Hall–Kier alpha value is -2.88. The van der Waals surface area contributed by atoms with E-state index >= 15 is 0 Å². The Morgan fingerprint density at radius 1 is 1.21 bits per heavy atom. The van der Waals surface area contributed by atoms with Gasteiger partial charge in [-0.25, -0.2) is 9.87 Å². The van der Waals surface area contributed by atoms with E-state index in [-0.39, 0.29) is 24.3 Å². The molecular weight excluding hydrogens is 445 g/mol. The first-order chi connectivity index (χ1) is 15.6. The van der Waals surface area contributed by atoms with E-state index < -0.39 is 21.5 Å². The van der Waals surface area contributed by atoms with Crippen LogP contribution in [0.4, 0.5) is 4.39 Å². The number of carbonyl (C=O) groups is 1. The Morgan fingerprint density at radius 3 is 2.55 bits per heavy atom. The van der Waals surface area contributed by atoms with Crippen molar-refractivity contribution in [2.75, 3.05) is 20.4 Å². The summed E-state index contributed by atoms with van der Waals surface area (Å²) in [4.78, 5) is 26.9. The summed E-state index contributed by atoms with van der Waals surface area (Å²) in [6, 6.07) is 12.1. The third-order valence-corrected chi connectivity index (χ3v) is 7.52. The summed E-state index contributed by atoms with van der Waals surface area (Å²) >= 11 is 0. The lowest BCUT2D eigenvalue weighted by molar-refractivity contribution is -0.131. The molecule has 1 unspecified atom stereocenters. The molecule has 7 nitrogen and oxygen atoms in total. The Balaban J connectivity index is 1.90. The maximum atomic E-state index is 14.7. The minimum Gasteiger partial charge on any atom is -0.315 e. The molecular formula is C24H28FN3O4S. The summed E-state index contributed by atoms with van der Waals surface area (Å²) in [5, 5.41) is 10.1. The first kappa shape index (κ1) is 24.8. The smallest absolute Gasteiger partial charge is 0.261 e. The highest BCUT2D eigenvalue weighted by atomic mass is 32.2. The standard InChI is InChI=1S/C24H28FN3O4S/c1-24(33(4)32,23(30)26-31)10-12-28-11-9-18-14-17(6-8-20(18)22(28)29)19-7-5-16(13-21(19)25)15-27(2)3/h5-9,11,13-14,31H,10,12,15H2,1-4H3,(H,26,30)/t24-,33?/m1/s1. The number of nitrogens with zero attached hydrogens (tertiary/aromatic N) is 2. The Kier molecular flexibility index (Phi) is 7.46. The molecule has 0 saturated carbocycles. The fourth-order valence-corrected chi connectivity index (χ4v) is 4.41. The highest BCUT2D eigenvalue weighted by Crippen LogP contribution is 2.27. The largest absolute Gasteiger partial charge is 0.315 e. The van der Waals surface area contributed by atoms with Crippen molar-refractivity contribution in [3.63, 3.8) is 0 Å². The predicted octanol–water partition coefficient (Wildman–Crippen LogP) is 2.90. The van der Waals surface area contributed by atoms with Gasteiger partial charge in [0.1, 0.15) is 10.6 Å². The third kappa shape index (κ3) is 5.21. The van der Waals surface area contributed by atoms with Gasteiger partial charge in [-0.2, -0.15) is 0 Å². The number of fused-ring (bicyclic) bond motifs is 1. The average molecular weight is 474 g/mol. The van der Waals surface area contributed by atoms with E-state index in [0.29, 0.717) is 28.4 Å². The van der Waals surface area contributed by atoms with Gasteiger partial charge in [-0.3, -0.25) is 19.0 Å². The van der Waals surface area contributed by atoms with Crippen LogP contribution in [-0.4, -0.2) is 49.9 Å². The van der Waals surface area contributed by atoms with E-state index in [0.717, 1.165) is 5.56 Å². The Morgan fingerprint density at radius 2 is 1.94 bits per heavy atom. The van der Waals surface area contributed by atoms with Gasteiger partial charge < -0.3 is 9.47 Å². The van der Waals surface area contributed by atoms with Crippen LogP contribution in [0.1, 0.15) is 18.9 Å². The second kappa shape index (κ2) is 9.94. The summed E-state index contributed by atoms with van der Waals surface area (Å²) in [5.74, 6) is -1.09. The number of pyridine rings is 1. The van der Waals surface area contributed by atoms with E-state index in [1.807, 2.05) is 25.1 Å². The van der Waals surface area contributed by atoms with Crippen LogP contribution in [-0.2, 0) is 28.7 Å². The second-order valence-corrected chi connectivity index (χ2v) is 10.4. The number of aromatic nitrogens is 1. The zero-order valence-corrected chi connectivity index (χ0v) is 19.9. The molecule has 0 bridgehead atoms. The van der Waals surface area contributed by atoms with Crippen LogP contribution in [0.15, 0.2) is 53.5 Å². The third-order valence-electron chi connectivity index (χ3n) is 5.87. The van der Waals surface area contributed by atoms with E-state index in [4.69, 9.17) is 5.21 Å². The van der Waals surface area contributed by atoms with Crippen molar-refractivity contribution in [1.82, 2.24) is 14.9 Å². The lowest BCUT2D eigenvalue weighted by Gasteiger charge is -2.24. The quantitative estimate of drug-likeness (QED) is 0.388. The monoisotopic (exact) mass is 473 g/mol. The molecule has 0 aliphatic heterocycles. The first-order valence-corrected chi connectivity index (χ1v) is 12.0. The second-order valence-electron chi connectivity index (χ2n) is 8.54. The summed E-state index contributed by atoms with van der Waals surface area (Å²) in [6.45, 7) is 2.26. The van der Waals surface area contributed by atoms with Gasteiger partial charge in [-0.1, -0.05) is 18.2 Å². The molecule has 2 atom stereocenters. The lowest BCUT2D eigenvalue weighted by atomic mass is 10.00. The maximum Gasteiger partial charge on any atom is 0.261 e. The molecule has 1 amide bonds. The van der Waals surface area contributed by atoms with Crippen molar-refractivity contribution in [3.05, 3.63) is 70.4 Å². The molecule has 2 N–H and O–H groups in total. The van der Waals surface area contributed by atoms with Crippen molar-refractivity contribution in [1.29, 1.82) is 0 Å². The van der Waals surface area contributed by atoms with Gasteiger partial charge in [0.15, 0.2) is 0 Å². The number of halogens is 1. The molecule has 3 aromatic rings. The molecule has 0 saturated heterocycles. The van der Waals surface area contributed by atoms with E-state index in [1.54, 1.807) is 42.0 Å². The molecule has 1 heterocycles. The minimum atomic E-state index is -1.56. The van der Waals surface area contributed by atoms with Gasteiger partial charge in [0.25, 0.3) is 11.5 Å². The topological polar surface area (TPSA) is 91.6 Å². The molecule has 0 aliphatic rings. The van der Waals surface area contributed by atoms with Crippen LogP contribution in [0.2, 0.25) is 0 Å². The van der Waals surface area contributed by atoms with Crippen molar-refractivity contribution >= 4 is 27.5 Å². The van der Waals surface area contributed by atoms with E-state index in [1.165, 1.54) is 23.8 Å². The molecule has 33 heavy (non-hydrogen) atoms. The minimum absolute atomic E-state index is 0.0938. The van der Waals surface area contributed by atoms with Crippen LogP contribution in [0.25, 0.3) is 21.9 Å². The first-order valence-electron chi connectivity index (χ1n) is 10.4. The summed E-state index contributed by atoms with van der Waals surface area (Å²) in [6.07, 6.45) is 3.07. The number of hydrogen-bond acceptors (Lipinski definition) is 5. The van der Waals surface area contributed by atoms with Gasteiger partial charge in [-0.15, -0.1) is 0 Å². The number of nitrogens with one attached hydrogen (secondary N) is 1. The molecule has 0 radical (unpaired) electrons. The average Bonchev–Trinajstić information content (AvgIpc) is 2.77. The van der Waals surface area contributed by atoms with Crippen LogP contribution in [0.5, 0.6) is 0 Å². The molecule has 0 spiro atoms. The van der Waals surface area contributed by atoms with Crippen LogP contribution in [0.3, 0.4) is 0 Å². The fraction of sp³-hybridized carbons (Fsp3) is 0.333. The van der Waals surface area contributed by atoms with Crippen molar-refractivity contribution in [3.8, 4) is 11.1 Å². The zero-order chi connectivity index (χ0) is 24.3. The Bertz CT molecular complexity index is 1270. The normalized spacial score (nSPS) is 14.3. The van der Waals surface area contributed by atoms with E-state index in [9.17, 15) is 18.2 Å². The van der Waals surface area contributed by atoms with E-state index in [2.05, 4.69) is 0 Å². The summed E-state index contributed by atoms with van der Waals surface area (Å²) in [5.41, 5.74) is 3.29. The van der Waals surface area contributed by atoms with Crippen LogP contribution >= 0.6 is 0 Å². The van der Waals surface area contributed by atoms with Gasteiger partial charge >= 0.3 is 0 Å². The molecule has 3 rings (SSSR count). The maximum absolute atomic E-state index is 14.7. The van der Waals surface area contributed by atoms with Crippen LogP contribution in [0, 0.1) is 5.82 Å². The molecule has 0 aliphatic carbocycles. The number of hydroxylamine groups is 1. The SMILES string of the molecule is CN(C)Cc1ccc(-c2ccc3c(=O)n(CC[C@](C)(C(=O)NO)S(C)=O)ccc3c2)c(F)c1. The van der Waals surface area contributed by atoms with Gasteiger partial charge in [0.05, 0.1) is 0 Å².